The molecule has 1 heterocycles. The lowest BCUT2D eigenvalue weighted by atomic mass is 10.3. The SMILES string of the molecule is OC1(O)Nc2ccccc2N1. The Hall–Kier alpha value is -1.26. The van der Waals surface area contributed by atoms with Crippen molar-refractivity contribution in [2.75, 3.05) is 10.6 Å². The van der Waals surface area contributed by atoms with Gasteiger partial charge in [-0.3, -0.25) is 0 Å². The second kappa shape index (κ2) is 1.87. The molecule has 11 heavy (non-hydrogen) atoms. The number of fused-ring (bicyclic) bond motifs is 1. The van der Waals surface area contributed by atoms with Gasteiger partial charge in [-0.15, -0.1) is 0 Å². The molecular weight excluding hydrogens is 144 g/mol. The molecule has 0 bridgehead atoms. The van der Waals surface area contributed by atoms with Crippen molar-refractivity contribution in [2.24, 2.45) is 0 Å². The Kier molecular flexibility index (Phi) is 1.10. The number of hydrogen-bond acceptors (Lipinski definition) is 4. The summed E-state index contributed by atoms with van der Waals surface area (Å²) in [5, 5.41) is 23.0. The minimum absolute atomic E-state index is 0.692. The van der Waals surface area contributed by atoms with Gasteiger partial charge in [-0.05, 0) is 12.1 Å². The molecule has 4 nitrogen and oxygen atoms in total. The first kappa shape index (κ1) is 6.45. The standard InChI is InChI=1S/C7H8N2O2/c10-7(11)8-5-3-1-2-4-6(5)9-7/h1-4,8-11H. The van der Waals surface area contributed by atoms with Crippen LogP contribution in [0.5, 0.6) is 0 Å². The lowest BCUT2D eigenvalue weighted by Crippen LogP contribution is -2.40. The van der Waals surface area contributed by atoms with Crippen molar-refractivity contribution >= 4 is 11.4 Å². The average Bonchev–Trinajstić information content (AvgIpc) is 2.21. The van der Waals surface area contributed by atoms with E-state index in [1.165, 1.54) is 0 Å². The third kappa shape index (κ3) is 1.02. The van der Waals surface area contributed by atoms with Gasteiger partial charge < -0.3 is 20.8 Å². The minimum atomic E-state index is -2.00. The first-order valence-electron chi connectivity index (χ1n) is 3.27. The van der Waals surface area contributed by atoms with Gasteiger partial charge in [0.1, 0.15) is 0 Å². The van der Waals surface area contributed by atoms with E-state index in [1.54, 1.807) is 12.1 Å². The highest BCUT2D eigenvalue weighted by molar-refractivity contribution is 5.74. The number of aliphatic hydroxyl groups is 2. The maximum absolute atomic E-state index is 9.05. The van der Waals surface area contributed by atoms with E-state index >= 15 is 0 Å². The molecule has 0 fully saturated rings. The first-order valence-corrected chi connectivity index (χ1v) is 3.27. The summed E-state index contributed by atoms with van der Waals surface area (Å²) in [4.78, 5) is 0. The van der Waals surface area contributed by atoms with Crippen LogP contribution in [0, 0.1) is 0 Å². The van der Waals surface area contributed by atoms with Gasteiger partial charge in [0.15, 0.2) is 0 Å². The van der Waals surface area contributed by atoms with Crippen LogP contribution < -0.4 is 10.6 Å². The second-order valence-corrected chi connectivity index (χ2v) is 2.47. The van der Waals surface area contributed by atoms with Crippen molar-refractivity contribution in [3.05, 3.63) is 24.3 Å². The highest BCUT2D eigenvalue weighted by Gasteiger charge is 2.30. The Labute approximate surface area is 63.5 Å². The molecule has 2 rings (SSSR count). The zero-order valence-electron chi connectivity index (χ0n) is 5.70. The van der Waals surface area contributed by atoms with Gasteiger partial charge in [0.25, 0.3) is 0 Å². The van der Waals surface area contributed by atoms with E-state index in [9.17, 15) is 0 Å². The van der Waals surface area contributed by atoms with Crippen LogP contribution in [0.2, 0.25) is 0 Å². The Morgan fingerprint density at radius 3 is 1.91 bits per heavy atom. The van der Waals surface area contributed by atoms with Crippen molar-refractivity contribution < 1.29 is 10.2 Å². The molecule has 58 valence electrons. The predicted octanol–water partition coefficient (Wildman–Crippen LogP) is 0.120. The molecule has 0 radical (unpaired) electrons. The Balaban J connectivity index is 2.41. The van der Waals surface area contributed by atoms with Crippen LogP contribution >= 0.6 is 0 Å². The lowest BCUT2D eigenvalue weighted by molar-refractivity contribution is -0.106. The number of anilines is 2. The molecule has 4 heteroatoms. The van der Waals surface area contributed by atoms with Crippen molar-refractivity contribution in [2.45, 2.75) is 6.03 Å². The van der Waals surface area contributed by atoms with Crippen LogP contribution in [0.15, 0.2) is 24.3 Å². The predicted molar refractivity (Wildman–Crippen MR) is 40.9 cm³/mol. The molecule has 0 atom stereocenters. The van der Waals surface area contributed by atoms with E-state index in [0.29, 0.717) is 11.4 Å². The number of para-hydroxylation sites is 2. The van der Waals surface area contributed by atoms with Crippen LogP contribution in [-0.2, 0) is 0 Å². The third-order valence-electron chi connectivity index (χ3n) is 1.55. The lowest BCUT2D eigenvalue weighted by Gasteiger charge is -2.14. The summed E-state index contributed by atoms with van der Waals surface area (Å²) in [6.45, 7) is 0. The van der Waals surface area contributed by atoms with Crippen LogP contribution in [0.3, 0.4) is 0 Å². The van der Waals surface area contributed by atoms with Crippen LogP contribution in [0.4, 0.5) is 11.4 Å². The topological polar surface area (TPSA) is 64.5 Å². The van der Waals surface area contributed by atoms with Crippen LogP contribution in [0.25, 0.3) is 0 Å². The number of benzene rings is 1. The fourth-order valence-electron chi connectivity index (χ4n) is 1.11. The summed E-state index contributed by atoms with van der Waals surface area (Å²) in [6, 6.07) is 5.15. The van der Waals surface area contributed by atoms with Gasteiger partial charge in [0.05, 0.1) is 11.4 Å². The average molecular weight is 152 g/mol. The highest BCUT2D eigenvalue weighted by atomic mass is 16.5. The number of hydrogen-bond donors (Lipinski definition) is 4. The molecule has 0 unspecified atom stereocenters. The zero-order chi connectivity index (χ0) is 7.90. The maximum Gasteiger partial charge on any atom is 0.333 e. The monoisotopic (exact) mass is 152 g/mol. The van der Waals surface area contributed by atoms with E-state index in [4.69, 9.17) is 10.2 Å². The van der Waals surface area contributed by atoms with Crippen molar-refractivity contribution in [1.29, 1.82) is 0 Å². The summed E-state index contributed by atoms with van der Waals surface area (Å²) < 4.78 is 0. The second-order valence-electron chi connectivity index (χ2n) is 2.47. The van der Waals surface area contributed by atoms with Crippen LogP contribution in [-0.4, -0.2) is 16.2 Å². The van der Waals surface area contributed by atoms with E-state index in [0.717, 1.165) is 0 Å². The van der Waals surface area contributed by atoms with Crippen LogP contribution in [0.1, 0.15) is 0 Å². The fourth-order valence-corrected chi connectivity index (χ4v) is 1.11. The van der Waals surface area contributed by atoms with Gasteiger partial charge >= 0.3 is 6.03 Å². The molecule has 0 saturated carbocycles. The molecule has 1 aromatic rings. The molecule has 0 aliphatic carbocycles. The number of nitrogens with one attached hydrogen (secondary N) is 2. The molecule has 0 aromatic heterocycles. The fraction of sp³-hybridized carbons (Fsp3) is 0.143. The van der Waals surface area contributed by atoms with Crippen molar-refractivity contribution in [1.82, 2.24) is 0 Å². The van der Waals surface area contributed by atoms with Gasteiger partial charge in [-0.1, -0.05) is 12.1 Å². The molecule has 0 amide bonds. The Morgan fingerprint density at radius 1 is 1.00 bits per heavy atom. The Morgan fingerprint density at radius 2 is 1.45 bits per heavy atom. The van der Waals surface area contributed by atoms with Crippen molar-refractivity contribution in [3.63, 3.8) is 0 Å². The van der Waals surface area contributed by atoms with E-state index < -0.39 is 6.03 Å². The molecular formula is C7H8N2O2. The minimum Gasteiger partial charge on any atom is -0.331 e. The van der Waals surface area contributed by atoms with Gasteiger partial charge in [0, 0.05) is 0 Å². The van der Waals surface area contributed by atoms with E-state index in [2.05, 4.69) is 10.6 Å². The quantitative estimate of drug-likeness (QED) is 0.399. The summed E-state index contributed by atoms with van der Waals surface area (Å²) in [6.07, 6.45) is 0. The van der Waals surface area contributed by atoms with Gasteiger partial charge in [0.2, 0.25) is 0 Å². The molecule has 1 aliphatic heterocycles. The smallest absolute Gasteiger partial charge is 0.331 e. The normalized spacial score (nSPS) is 18.4. The zero-order valence-corrected chi connectivity index (χ0v) is 5.70. The Bertz CT molecular complexity index is 259. The summed E-state index contributed by atoms with van der Waals surface area (Å²) in [5.41, 5.74) is 1.38. The molecule has 1 aromatic carbocycles. The van der Waals surface area contributed by atoms with E-state index in [1.807, 2.05) is 12.1 Å². The third-order valence-corrected chi connectivity index (χ3v) is 1.55. The maximum atomic E-state index is 9.05. The molecule has 4 N–H and O–H groups in total. The largest absolute Gasteiger partial charge is 0.333 e. The van der Waals surface area contributed by atoms with Crippen molar-refractivity contribution in [3.8, 4) is 0 Å². The molecule has 1 aliphatic rings. The number of rotatable bonds is 0. The van der Waals surface area contributed by atoms with E-state index in [-0.39, 0.29) is 0 Å². The summed E-state index contributed by atoms with van der Waals surface area (Å²) in [7, 11) is 0. The molecule has 0 saturated heterocycles. The summed E-state index contributed by atoms with van der Waals surface area (Å²) >= 11 is 0. The van der Waals surface area contributed by atoms with Gasteiger partial charge in [-0.25, -0.2) is 0 Å². The first-order chi connectivity index (χ1) is 5.17. The summed E-state index contributed by atoms with van der Waals surface area (Å²) in [5.74, 6) is 0. The molecule has 0 spiro atoms. The van der Waals surface area contributed by atoms with Gasteiger partial charge in [-0.2, -0.15) is 0 Å². The highest BCUT2D eigenvalue weighted by Crippen LogP contribution is 2.30.